The standard InChI is InChI=1S/C17H16ClN5OS/c1-10-3-5-12(6-4-10)15-21-17(23-22-15)25-11(2)16(24)20-14-8-7-13(18)9-19-14/h3-9,11H,1-2H3,(H,19,20,24)(H,21,22,23). The summed E-state index contributed by atoms with van der Waals surface area (Å²) in [5, 5.41) is 10.5. The van der Waals surface area contributed by atoms with Gasteiger partial charge in [-0.05, 0) is 26.0 Å². The molecule has 2 aromatic heterocycles. The number of nitrogens with one attached hydrogen (secondary N) is 2. The van der Waals surface area contributed by atoms with Gasteiger partial charge in [0.1, 0.15) is 5.82 Å². The van der Waals surface area contributed by atoms with E-state index in [0.29, 0.717) is 21.8 Å². The molecule has 6 nitrogen and oxygen atoms in total. The van der Waals surface area contributed by atoms with Crippen molar-refractivity contribution < 1.29 is 4.79 Å². The van der Waals surface area contributed by atoms with Crippen LogP contribution < -0.4 is 5.32 Å². The maximum Gasteiger partial charge on any atom is 0.238 e. The van der Waals surface area contributed by atoms with E-state index in [9.17, 15) is 4.79 Å². The number of aromatic nitrogens is 4. The van der Waals surface area contributed by atoms with Crippen LogP contribution in [-0.2, 0) is 4.79 Å². The van der Waals surface area contributed by atoms with Gasteiger partial charge in [-0.15, -0.1) is 5.10 Å². The Kier molecular flexibility index (Phi) is 5.35. The molecule has 3 aromatic rings. The minimum atomic E-state index is -0.376. The third-order valence-corrected chi connectivity index (χ3v) is 4.60. The molecule has 0 saturated carbocycles. The molecule has 1 aromatic carbocycles. The van der Waals surface area contributed by atoms with E-state index in [4.69, 9.17) is 11.6 Å². The fraction of sp³-hybridized carbons (Fsp3) is 0.176. The summed E-state index contributed by atoms with van der Waals surface area (Å²) in [6.45, 7) is 3.82. The minimum Gasteiger partial charge on any atom is -0.310 e. The van der Waals surface area contributed by atoms with Crippen molar-refractivity contribution in [2.24, 2.45) is 0 Å². The Hall–Kier alpha value is -2.38. The number of pyridine rings is 1. The normalized spacial score (nSPS) is 12.0. The van der Waals surface area contributed by atoms with Crippen LogP contribution in [0.5, 0.6) is 0 Å². The van der Waals surface area contributed by atoms with E-state index in [0.717, 1.165) is 5.56 Å². The van der Waals surface area contributed by atoms with Crippen LogP contribution in [0.25, 0.3) is 11.4 Å². The number of halogens is 1. The van der Waals surface area contributed by atoms with Crippen molar-refractivity contribution in [3.8, 4) is 11.4 Å². The highest BCUT2D eigenvalue weighted by molar-refractivity contribution is 8.00. The summed E-state index contributed by atoms with van der Waals surface area (Å²) < 4.78 is 0. The monoisotopic (exact) mass is 373 g/mol. The Bertz CT molecular complexity index is 864. The van der Waals surface area contributed by atoms with E-state index in [-0.39, 0.29) is 11.2 Å². The predicted molar refractivity (Wildman–Crippen MR) is 99.8 cm³/mol. The number of anilines is 1. The largest absolute Gasteiger partial charge is 0.310 e. The lowest BCUT2D eigenvalue weighted by Crippen LogP contribution is -2.23. The van der Waals surface area contributed by atoms with Gasteiger partial charge in [-0.2, -0.15) is 0 Å². The molecule has 8 heteroatoms. The van der Waals surface area contributed by atoms with Crippen LogP contribution >= 0.6 is 23.4 Å². The third kappa shape index (κ3) is 4.58. The zero-order chi connectivity index (χ0) is 17.8. The molecule has 2 heterocycles. The molecule has 1 atom stereocenters. The zero-order valence-corrected chi connectivity index (χ0v) is 15.2. The second-order valence-electron chi connectivity index (χ2n) is 5.44. The van der Waals surface area contributed by atoms with Crippen molar-refractivity contribution in [1.29, 1.82) is 0 Å². The second-order valence-corrected chi connectivity index (χ2v) is 7.19. The van der Waals surface area contributed by atoms with E-state index >= 15 is 0 Å². The number of carbonyl (C=O) groups is 1. The lowest BCUT2D eigenvalue weighted by Gasteiger charge is -2.09. The smallest absolute Gasteiger partial charge is 0.238 e. The molecule has 2 N–H and O–H groups in total. The number of hydrogen-bond acceptors (Lipinski definition) is 5. The summed E-state index contributed by atoms with van der Waals surface area (Å²) in [7, 11) is 0. The lowest BCUT2D eigenvalue weighted by atomic mass is 10.1. The highest BCUT2D eigenvalue weighted by Gasteiger charge is 2.18. The maximum atomic E-state index is 12.2. The van der Waals surface area contributed by atoms with Gasteiger partial charge >= 0.3 is 0 Å². The Morgan fingerprint density at radius 3 is 2.68 bits per heavy atom. The average molecular weight is 374 g/mol. The molecular formula is C17H16ClN5OS. The van der Waals surface area contributed by atoms with Crippen LogP contribution in [0.3, 0.4) is 0 Å². The quantitative estimate of drug-likeness (QED) is 0.661. The van der Waals surface area contributed by atoms with Crippen LogP contribution in [0.15, 0.2) is 47.8 Å². The predicted octanol–water partition coefficient (Wildman–Crippen LogP) is 3.95. The van der Waals surface area contributed by atoms with Gasteiger partial charge in [-0.25, -0.2) is 9.97 Å². The number of hydrogen-bond donors (Lipinski definition) is 2. The number of rotatable bonds is 5. The van der Waals surface area contributed by atoms with E-state index < -0.39 is 0 Å². The highest BCUT2D eigenvalue weighted by atomic mass is 35.5. The van der Waals surface area contributed by atoms with E-state index in [1.54, 1.807) is 19.1 Å². The highest BCUT2D eigenvalue weighted by Crippen LogP contribution is 2.23. The Morgan fingerprint density at radius 1 is 1.24 bits per heavy atom. The molecule has 0 aliphatic carbocycles. The molecule has 0 radical (unpaired) electrons. The summed E-state index contributed by atoms with van der Waals surface area (Å²) in [5.74, 6) is 0.952. The van der Waals surface area contributed by atoms with Gasteiger partial charge in [-0.1, -0.05) is 53.2 Å². The Morgan fingerprint density at radius 2 is 2.00 bits per heavy atom. The van der Waals surface area contributed by atoms with E-state index in [1.807, 2.05) is 31.2 Å². The number of benzene rings is 1. The van der Waals surface area contributed by atoms with Crippen LogP contribution in [0.2, 0.25) is 5.02 Å². The number of H-pyrrole nitrogens is 1. The molecule has 25 heavy (non-hydrogen) atoms. The van der Waals surface area contributed by atoms with Crippen molar-refractivity contribution >= 4 is 35.1 Å². The summed E-state index contributed by atoms with van der Waals surface area (Å²) in [6.07, 6.45) is 1.48. The second kappa shape index (κ2) is 7.67. The van der Waals surface area contributed by atoms with Gasteiger partial charge < -0.3 is 5.32 Å². The molecule has 0 spiro atoms. The summed E-state index contributed by atoms with van der Waals surface area (Å²) in [4.78, 5) is 20.7. The maximum absolute atomic E-state index is 12.2. The summed E-state index contributed by atoms with van der Waals surface area (Å²) in [5.41, 5.74) is 2.13. The molecule has 0 bridgehead atoms. The fourth-order valence-electron chi connectivity index (χ4n) is 2.03. The topological polar surface area (TPSA) is 83.6 Å². The molecule has 3 rings (SSSR count). The molecule has 128 valence electrons. The van der Waals surface area contributed by atoms with Crippen molar-refractivity contribution in [3.05, 3.63) is 53.2 Å². The Labute approximate surface area is 154 Å². The van der Waals surface area contributed by atoms with Gasteiger partial charge in [-0.3, -0.25) is 9.89 Å². The fourth-order valence-corrected chi connectivity index (χ4v) is 2.87. The van der Waals surface area contributed by atoms with Crippen LogP contribution in [-0.4, -0.2) is 31.3 Å². The first kappa shape index (κ1) is 17.4. The van der Waals surface area contributed by atoms with Crippen molar-refractivity contribution in [3.63, 3.8) is 0 Å². The number of amides is 1. The summed E-state index contributed by atoms with van der Waals surface area (Å²) in [6, 6.07) is 11.3. The van der Waals surface area contributed by atoms with Crippen molar-refractivity contribution in [1.82, 2.24) is 20.2 Å². The van der Waals surface area contributed by atoms with Gasteiger partial charge in [0.15, 0.2) is 5.82 Å². The molecule has 0 saturated heterocycles. The van der Waals surface area contributed by atoms with Crippen molar-refractivity contribution in [2.45, 2.75) is 24.3 Å². The number of aromatic amines is 1. The van der Waals surface area contributed by atoms with Crippen LogP contribution in [0.1, 0.15) is 12.5 Å². The van der Waals surface area contributed by atoms with Gasteiger partial charge in [0.05, 0.1) is 10.3 Å². The number of thioether (sulfide) groups is 1. The van der Waals surface area contributed by atoms with Crippen molar-refractivity contribution in [2.75, 3.05) is 5.32 Å². The molecular weight excluding hydrogens is 358 g/mol. The van der Waals surface area contributed by atoms with Crippen LogP contribution in [0, 0.1) is 6.92 Å². The minimum absolute atomic E-state index is 0.179. The Balaban J connectivity index is 1.62. The number of nitrogens with zero attached hydrogens (tertiary/aromatic N) is 3. The van der Waals surface area contributed by atoms with Gasteiger partial charge in [0.25, 0.3) is 0 Å². The molecule has 1 unspecified atom stereocenters. The van der Waals surface area contributed by atoms with E-state index in [1.165, 1.54) is 23.5 Å². The molecule has 0 aliphatic heterocycles. The van der Waals surface area contributed by atoms with E-state index in [2.05, 4.69) is 25.5 Å². The first-order chi connectivity index (χ1) is 12.0. The zero-order valence-electron chi connectivity index (χ0n) is 13.7. The molecule has 0 aliphatic rings. The lowest BCUT2D eigenvalue weighted by molar-refractivity contribution is -0.115. The molecule has 1 amide bonds. The third-order valence-electron chi connectivity index (χ3n) is 3.42. The average Bonchev–Trinajstić information content (AvgIpc) is 3.06. The SMILES string of the molecule is Cc1ccc(-c2nc(SC(C)C(=O)Nc3ccc(Cl)cn3)n[nH]2)cc1. The number of aryl methyl sites for hydroxylation is 1. The first-order valence-electron chi connectivity index (χ1n) is 7.60. The van der Waals surface area contributed by atoms with Gasteiger partial charge in [0.2, 0.25) is 11.1 Å². The molecule has 0 fully saturated rings. The first-order valence-corrected chi connectivity index (χ1v) is 8.85. The van der Waals surface area contributed by atoms with Gasteiger partial charge in [0, 0.05) is 11.8 Å². The number of carbonyl (C=O) groups excluding carboxylic acids is 1. The van der Waals surface area contributed by atoms with Crippen LogP contribution in [0.4, 0.5) is 5.82 Å². The summed E-state index contributed by atoms with van der Waals surface area (Å²) >= 11 is 7.05.